The van der Waals surface area contributed by atoms with E-state index >= 15 is 0 Å². The molecule has 5 aromatic rings. The predicted molar refractivity (Wildman–Crippen MR) is 136 cm³/mol. The molecule has 3 aromatic heterocycles. The van der Waals surface area contributed by atoms with Gasteiger partial charge in [-0.25, -0.2) is 0 Å². The maximum absolute atomic E-state index is 2.38. The molecule has 2 aliphatic rings. The first-order chi connectivity index (χ1) is 14.4. The van der Waals surface area contributed by atoms with Crippen LogP contribution in [0.15, 0.2) is 94.1 Å². The molecule has 0 fully saturated rings. The lowest BCUT2D eigenvalue weighted by molar-refractivity contribution is 1.78. The Bertz CT molecular complexity index is 1290. The van der Waals surface area contributed by atoms with E-state index in [1.165, 1.54) is 31.1 Å². The fourth-order valence-corrected chi connectivity index (χ4v) is 8.91. The number of benzene rings is 2. The smallest absolute Gasteiger partial charge is 0.0844 e. The summed E-state index contributed by atoms with van der Waals surface area (Å²) in [6.07, 6.45) is 2.38. The highest BCUT2D eigenvalue weighted by Crippen LogP contribution is 2.32. The van der Waals surface area contributed by atoms with Crippen LogP contribution < -0.4 is 5.22 Å². The molecule has 2 aliphatic heterocycles. The van der Waals surface area contributed by atoms with Crippen LogP contribution in [-0.2, 0) is 0 Å². The minimum absolute atomic E-state index is 0.960. The fraction of sp³-hybridized carbons (Fsp3) is 0.0417. The van der Waals surface area contributed by atoms with Gasteiger partial charge in [-0.1, -0.05) is 42.5 Å². The van der Waals surface area contributed by atoms with Gasteiger partial charge in [0.1, 0.15) is 0 Å². The monoisotopic (exact) mass is 461 g/mol. The van der Waals surface area contributed by atoms with Crippen LogP contribution in [0.25, 0.3) is 25.1 Å². The zero-order valence-corrected chi connectivity index (χ0v) is 19.8. The van der Waals surface area contributed by atoms with Gasteiger partial charge in [0.2, 0.25) is 0 Å². The summed E-state index contributed by atoms with van der Waals surface area (Å²) in [6.45, 7) is 0. The van der Waals surface area contributed by atoms with E-state index in [2.05, 4.69) is 88.9 Å². The van der Waals surface area contributed by atoms with Gasteiger partial charge >= 0.3 is 0 Å². The van der Waals surface area contributed by atoms with Crippen molar-refractivity contribution < 1.29 is 0 Å². The fourth-order valence-electron chi connectivity index (χ4n) is 3.23. The van der Waals surface area contributed by atoms with E-state index in [-0.39, 0.29) is 0 Å². The molecule has 7 rings (SSSR count). The summed E-state index contributed by atoms with van der Waals surface area (Å²) in [5, 5.41) is 12.3. The van der Waals surface area contributed by atoms with Crippen LogP contribution in [0.4, 0.5) is 0 Å². The maximum atomic E-state index is 2.38. The van der Waals surface area contributed by atoms with Crippen LogP contribution in [0.2, 0.25) is 0 Å². The average molecular weight is 462 g/mol. The SMILES string of the molecule is C1=C2[Si]=c3sccc3=C2SC1.c1ccc2sccc2c1.c1ccc2sccc2c1. The second-order valence-electron chi connectivity index (χ2n) is 6.46. The predicted octanol–water partition coefficient (Wildman–Crippen LogP) is 7.26. The number of hydrogen-bond donors (Lipinski definition) is 0. The van der Waals surface area contributed by atoms with Crippen molar-refractivity contribution in [3.8, 4) is 0 Å². The van der Waals surface area contributed by atoms with Crippen molar-refractivity contribution in [3.63, 3.8) is 0 Å². The van der Waals surface area contributed by atoms with Gasteiger partial charge in [-0.05, 0) is 62.4 Å². The molecule has 0 saturated heterocycles. The second-order valence-corrected chi connectivity index (χ2v) is 12.0. The van der Waals surface area contributed by atoms with Crippen molar-refractivity contribution in [1.82, 2.24) is 0 Å². The summed E-state index contributed by atoms with van der Waals surface area (Å²) >= 11 is 7.48. The van der Waals surface area contributed by atoms with E-state index in [1.807, 2.05) is 23.1 Å². The molecule has 0 aliphatic carbocycles. The minimum Gasteiger partial charge on any atom is -0.149 e. The number of thioether (sulfide) groups is 1. The molecule has 29 heavy (non-hydrogen) atoms. The number of rotatable bonds is 0. The first kappa shape index (κ1) is 19.2. The molecule has 0 unspecified atom stereocenters. The Labute approximate surface area is 188 Å². The highest BCUT2D eigenvalue weighted by molar-refractivity contribution is 8.08. The van der Waals surface area contributed by atoms with E-state index in [1.54, 1.807) is 36.9 Å². The van der Waals surface area contributed by atoms with Crippen molar-refractivity contribution in [2.24, 2.45) is 0 Å². The largest absolute Gasteiger partial charge is 0.149 e. The summed E-state index contributed by atoms with van der Waals surface area (Å²) in [5.74, 6) is 1.20. The van der Waals surface area contributed by atoms with Crippen LogP contribution in [0.3, 0.4) is 0 Å². The third-order valence-corrected chi connectivity index (χ3v) is 10.3. The lowest BCUT2D eigenvalue weighted by Gasteiger charge is -1.89. The normalized spacial score (nSPS) is 13.7. The number of hydrogen-bond acceptors (Lipinski definition) is 4. The summed E-state index contributed by atoms with van der Waals surface area (Å²) in [4.78, 5) is 1.57. The topological polar surface area (TPSA) is 0 Å². The molecule has 0 spiro atoms. The molecule has 5 heterocycles. The average Bonchev–Trinajstić information content (AvgIpc) is 3.56. The lowest BCUT2D eigenvalue weighted by atomic mass is 10.3. The van der Waals surface area contributed by atoms with Gasteiger partial charge in [-0.2, -0.15) is 0 Å². The van der Waals surface area contributed by atoms with Gasteiger partial charge in [0.25, 0.3) is 0 Å². The molecule has 0 bridgehead atoms. The van der Waals surface area contributed by atoms with E-state index in [0.29, 0.717) is 0 Å². The Morgan fingerprint density at radius 3 is 1.93 bits per heavy atom. The number of thiophene rings is 3. The van der Waals surface area contributed by atoms with Crippen molar-refractivity contribution in [1.29, 1.82) is 0 Å². The highest BCUT2D eigenvalue weighted by atomic mass is 32.2. The van der Waals surface area contributed by atoms with Gasteiger partial charge in [0.05, 0.1) is 9.13 Å². The lowest BCUT2D eigenvalue weighted by Crippen LogP contribution is -1.94. The van der Waals surface area contributed by atoms with Crippen molar-refractivity contribution in [2.45, 2.75) is 0 Å². The van der Waals surface area contributed by atoms with Gasteiger partial charge in [-0.3, -0.25) is 0 Å². The van der Waals surface area contributed by atoms with Crippen LogP contribution in [0, 0.1) is 4.13 Å². The Morgan fingerprint density at radius 2 is 1.28 bits per heavy atom. The Morgan fingerprint density at radius 1 is 0.655 bits per heavy atom. The molecule has 2 aromatic carbocycles. The summed E-state index contributed by atoms with van der Waals surface area (Å²) in [5.41, 5.74) is 0. The van der Waals surface area contributed by atoms with Crippen molar-refractivity contribution in [3.05, 3.63) is 103 Å². The zero-order chi connectivity index (χ0) is 19.5. The highest BCUT2D eigenvalue weighted by Gasteiger charge is 2.16. The second kappa shape index (κ2) is 8.94. The molecule has 0 nitrogen and oxygen atoms in total. The zero-order valence-electron chi connectivity index (χ0n) is 15.5. The molecular weight excluding hydrogens is 445 g/mol. The minimum atomic E-state index is 0.960. The van der Waals surface area contributed by atoms with Gasteiger partial charge in [-0.15, -0.1) is 45.8 Å². The number of fused-ring (bicyclic) bond motifs is 4. The summed E-state index contributed by atoms with van der Waals surface area (Å²) in [7, 11) is 0.960. The molecule has 0 amide bonds. The Balaban J connectivity index is 0.0000000947. The maximum Gasteiger partial charge on any atom is 0.0844 e. The van der Waals surface area contributed by atoms with Crippen LogP contribution in [-0.4, -0.2) is 14.9 Å². The van der Waals surface area contributed by atoms with Crippen LogP contribution in [0.1, 0.15) is 0 Å². The van der Waals surface area contributed by atoms with E-state index in [9.17, 15) is 0 Å². The van der Waals surface area contributed by atoms with E-state index in [4.69, 9.17) is 0 Å². The van der Waals surface area contributed by atoms with Crippen LogP contribution in [0.5, 0.6) is 0 Å². The van der Waals surface area contributed by atoms with Gasteiger partial charge in [0, 0.05) is 29.4 Å². The third-order valence-electron chi connectivity index (χ3n) is 4.64. The standard InChI is InChI=1S/C8H5S2Si.2C8H6S/c1-3-10-8-5(1)7-6(11-8)2-4-9-7;2*1-2-4-8-7(3-1)5-6-9-8/h1-3H,4H2;2*1-6H. The molecule has 1 radical (unpaired) electrons. The first-order valence-corrected chi connectivity index (χ1v) is 13.9. The molecule has 0 atom stereocenters. The Hall–Kier alpha value is -1.76. The van der Waals surface area contributed by atoms with Gasteiger partial charge < -0.3 is 0 Å². The molecule has 0 saturated carbocycles. The first-order valence-electron chi connectivity index (χ1n) is 9.28. The van der Waals surface area contributed by atoms with Crippen molar-refractivity contribution in [2.75, 3.05) is 5.75 Å². The molecule has 5 heteroatoms. The third kappa shape index (κ3) is 4.25. The van der Waals surface area contributed by atoms with Gasteiger partial charge in [0.15, 0.2) is 0 Å². The molecule has 141 valence electrons. The quantitative estimate of drug-likeness (QED) is 0.219. The van der Waals surface area contributed by atoms with Crippen LogP contribution >= 0.6 is 45.8 Å². The summed E-state index contributed by atoms with van der Waals surface area (Å²) in [6, 6.07) is 23.3. The van der Waals surface area contributed by atoms with E-state index in [0.717, 1.165) is 9.13 Å². The molecule has 0 N–H and O–H groups in total. The Kier molecular flexibility index (Phi) is 5.92. The van der Waals surface area contributed by atoms with E-state index < -0.39 is 0 Å². The summed E-state index contributed by atoms with van der Waals surface area (Å²) < 4.78 is 4.34. The molecular formula is C24H17S4Si. The van der Waals surface area contributed by atoms with Crippen molar-refractivity contribution >= 4 is 80.0 Å².